The first-order chi connectivity index (χ1) is 9.88. The molecular weight excluding hydrogens is 354 g/mol. The molecule has 0 bridgehead atoms. The fourth-order valence-electron chi connectivity index (χ4n) is 2.99. The summed E-state index contributed by atoms with van der Waals surface area (Å²) in [4.78, 5) is 12.2. The average molecular weight is 372 g/mol. The van der Waals surface area contributed by atoms with Gasteiger partial charge in [0, 0.05) is 10.4 Å². The van der Waals surface area contributed by atoms with Crippen LogP contribution >= 0.6 is 15.9 Å². The molecule has 0 heterocycles. The number of hydrogen-bond donors (Lipinski definition) is 1. The van der Waals surface area contributed by atoms with Gasteiger partial charge in [0.1, 0.15) is 4.90 Å². The lowest BCUT2D eigenvalue weighted by molar-refractivity contribution is -0.121. The van der Waals surface area contributed by atoms with Gasteiger partial charge < -0.3 is 0 Å². The van der Waals surface area contributed by atoms with Gasteiger partial charge in [-0.25, -0.2) is 13.1 Å². The summed E-state index contributed by atoms with van der Waals surface area (Å²) in [5.41, 5.74) is 0.958. The molecule has 114 valence electrons. The fraction of sp³-hybridized carbons (Fsp3) is 0.533. The first-order valence-electron chi connectivity index (χ1n) is 7.21. The van der Waals surface area contributed by atoms with Crippen LogP contribution in [0.4, 0.5) is 0 Å². The van der Waals surface area contributed by atoms with Gasteiger partial charge >= 0.3 is 0 Å². The van der Waals surface area contributed by atoms with Crippen LogP contribution in [0.5, 0.6) is 0 Å². The molecule has 3 rings (SSSR count). The molecule has 0 saturated heterocycles. The first kappa shape index (κ1) is 15.0. The first-order valence-corrected chi connectivity index (χ1v) is 9.49. The van der Waals surface area contributed by atoms with Gasteiger partial charge in [0.25, 0.3) is 10.0 Å². The minimum atomic E-state index is -3.80. The molecule has 2 fully saturated rings. The number of carbonyl (C=O) groups is 1. The third kappa shape index (κ3) is 3.01. The SMILES string of the molecule is Cc1ccc(S(=O)(=O)NC(=O)[C@@H]2C[C@H]2C2CCC2)c(Br)c1. The molecular formula is C15H18BrNO3S. The second-order valence-corrected chi connectivity index (χ2v) is 8.61. The van der Waals surface area contributed by atoms with Crippen molar-refractivity contribution in [3.63, 3.8) is 0 Å². The van der Waals surface area contributed by atoms with E-state index in [1.165, 1.54) is 25.3 Å². The van der Waals surface area contributed by atoms with Crippen molar-refractivity contribution in [2.45, 2.75) is 37.5 Å². The molecule has 6 heteroatoms. The molecule has 0 aromatic heterocycles. The molecule has 2 saturated carbocycles. The van der Waals surface area contributed by atoms with E-state index in [2.05, 4.69) is 20.7 Å². The van der Waals surface area contributed by atoms with Gasteiger partial charge in [-0.15, -0.1) is 0 Å². The molecule has 4 nitrogen and oxygen atoms in total. The number of halogens is 1. The van der Waals surface area contributed by atoms with E-state index in [0.717, 1.165) is 12.0 Å². The largest absolute Gasteiger partial charge is 0.274 e. The molecule has 1 aromatic carbocycles. The van der Waals surface area contributed by atoms with Crippen LogP contribution in [-0.2, 0) is 14.8 Å². The monoisotopic (exact) mass is 371 g/mol. The summed E-state index contributed by atoms with van der Waals surface area (Å²) in [6.45, 7) is 1.88. The van der Waals surface area contributed by atoms with Gasteiger partial charge in [-0.05, 0) is 58.8 Å². The highest BCUT2D eigenvalue weighted by atomic mass is 79.9. The van der Waals surface area contributed by atoms with Gasteiger partial charge in [-0.3, -0.25) is 4.79 Å². The molecule has 1 aromatic rings. The van der Waals surface area contributed by atoms with Crippen LogP contribution in [0.15, 0.2) is 27.6 Å². The third-order valence-corrected chi connectivity index (χ3v) is 6.87. The normalized spacial score (nSPS) is 25.2. The maximum absolute atomic E-state index is 12.3. The Bertz CT molecular complexity index is 682. The summed E-state index contributed by atoms with van der Waals surface area (Å²) in [5, 5.41) is 0. The molecule has 0 radical (unpaired) electrons. The summed E-state index contributed by atoms with van der Waals surface area (Å²) in [5.74, 6) is 0.568. The predicted molar refractivity (Wildman–Crippen MR) is 83.1 cm³/mol. The molecule has 0 spiro atoms. The Kier molecular flexibility index (Phi) is 3.86. The lowest BCUT2D eigenvalue weighted by Gasteiger charge is -2.25. The van der Waals surface area contributed by atoms with Crippen molar-refractivity contribution < 1.29 is 13.2 Å². The quantitative estimate of drug-likeness (QED) is 0.884. The van der Waals surface area contributed by atoms with Gasteiger partial charge in [0.05, 0.1) is 0 Å². The Labute approximate surface area is 133 Å². The van der Waals surface area contributed by atoms with Crippen LogP contribution in [0, 0.1) is 24.7 Å². The Morgan fingerprint density at radius 2 is 2.05 bits per heavy atom. The summed E-state index contributed by atoms with van der Waals surface area (Å²) < 4.78 is 27.3. The smallest absolute Gasteiger partial charge is 0.265 e. The second kappa shape index (κ2) is 5.39. The highest BCUT2D eigenvalue weighted by Crippen LogP contribution is 2.51. The van der Waals surface area contributed by atoms with Crippen LogP contribution < -0.4 is 4.72 Å². The Balaban J connectivity index is 1.70. The molecule has 1 N–H and O–H groups in total. The highest BCUT2D eigenvalue weighted by molar-refractivity contribution is 9.10. The van der Waals surface area contributed by atoms with Crippen molar-refractivity contribution in [3.8, 4) is 0 Å². The van der Waals surface area contributed by atoms with Gasteiger partial charge in [-0.2, -0.15) is 0 Å². The molecule has 0 aliphatic heterocycles. The molecule has 1 amide bonds. The zero-order valence-corrected chi connectivity index (χ0v) is 14.2. The summed E-state index contributed by atoms with van der Waals surface area (Å²) in [7, 11) is -3.80. The topological polar surface area (TPSA) is 63.2 Å². The van der Waals surface area contributed by atoms with E-state index in [4.69, 9.17) is 0 Å². The Hall–Kier alpha value is -0.880. The van der Waals surface area contributed by atoms with Gasteiger partial charge in [-0.1, -0.05) is 25.3 Å². The van der Waals surface area contributed by atoms with E-state index < -0.39 is 10.0 Å². The fourth-order valence-corrected chi connectivity index (χ4v) is 5.21. The summed E-state index contributed by atoms with van der Waals surface area (Å²) in [6, 6.07) is 4.97. The number of amides is 1. The molecule has 2 aliphatic carbocycles. The minimum Gasteiger partial charge on any atom is -0.274 e. The van der Waals surface area contributed by atoms with Crippen LogP contribution in [0.1, 0.15) is 31.2 Å². The summed E-state index contributed by atoms with van der Waals surface area (Å²) in [6.07, 6.45) is 4.45. The van der Waals surface area contributed by atoms with Crippen molar-refractivity contribution in [3.05, 3.63) is 28.2 Å². The zero-order chi connectivity index (χ0) is 15.2. The van der Waals surface area contributed by atoms with Crippen molar-refractivity contribution in [2.75, 3.05) is 0 Å². The number of sulfonamides is 1. The highest BCUT2D eigenvalue weighted by Gasteiger charge is 2.49. The number of rotatable bonds is 4. The number of aryl methyl sites for hydroxylation is 1. The van der Waals surface area contributed by atoms with Crippen molar-refractivity contribution >= 4 is 31.9 Å². The predicted octanol–water partition coefficient (Wildman–Crippen LogP) is 3.00. The lowest BCUT2D eigenvalue weighted by atomic mass is 9.81. The van der Waals surface area contributed by atoms with Crippen molar-refractivity contribution in [1.82, 2.24) is 4.72 Å². The maximum atomic E-state index is 12.3. The molecule has 2 atom stereocenters. The second-order valence-electron chi connectivity index (χ2n) is 6.10. The van der Waals surface area contributed by atoms with Gasteiger partial charge in [0.2, 0.25) is 5.91 Å². The van der Waals surface area contributed by atoms with E-state index in [1.54, 1.807) is 12.1 Å². The van der Waals surface area contributed by atoms with Crippen LogP contribution in [0.3, 0.4) is 0 Å². The molecule has 21 heavy (non-hydrogen) atoms. The van der Waals surface area contributed by atoms with Crippen molar-refractivity contribution in [1.29, 1.82) is 0 Å². The van der Waals surface area contributed by atoms with E-state index >= 15 is 0 Å². The lowest BCUT2D eigenvalue weighted by Crippen LogP contribution is -2.33. The Morgan fingerprint density at radius 1 is 1.33 bits per heavy atom. The van der Waals surface area contributed by atoms with E-state index in [0.29, 0.717) is 16.3 Å². The van der Waals surface area contributed by atoms with E-state index in [1.807, 2.05) is 6.92 Å². The number of nitrogens with one attached hydrogen (secondary N) is 1. The van der Waals surface area contributed by atoms with Crippen LogP contribution in [0.25, 0.3) is 0 Å². The van der Waals surface area contributed by atoms with E-state index in [9.17, 15) is 13.2 Å². The van der Waals surface area contributed by atoms with Crippen LogP contribution in [-0.4, -0.2) is 14.3 Å². The van der Waals surface area contributed by atoms with Crippen LogP contribution in [0.2, 0.25) is 0 Å². The average Bonchev–Trinajstić information content (AvgIpc) is 3.05. The maximum Gasteiger partial charge on any atom is 0.265 e. The standard InChI is InChI=1S/C15H18BrNO3S/c1-9-5-6-14(13(16)7-9)21(19,20)17-15(18)12-8-11(12)10-3-2-4-10/h5-7,10-12H,2-4,8H2,1H3,(H,17,18)/t11-,12+/m0/s1. The third-order valence-electron chi connectivity index (χ3n) is 4.54. The van der Waals surface area contributed by atoms with Gasteiger partial charge in [0.15, 0.2) is 0 Å². The number of benzene rings is 1. The number of hydrogen-bond acceptors (Lipinski definition) is 3. The molecule has 0 unspecified atom stereocenters. The minimum absolute atomic E-state index is 0.113. The number of carbonyl (C=O) groups excluding carboxylic acids is 1. The zero-order valence-electron chi connectivity index (χ0n) is 11.8. The van der Waals surface area contributed by atoms with Crippen molar-refractivity contribution in [2.24, 2.45) is 17.8 Å². The van der Waals surface area contributed by atoms with E-state index in [-0.39, 0.29) is 16.7 Å². The Morgan fingerprint density at radius 3 is 2.62 bits per heavy atom. The summed E-state index contributed by atoms with van der Waals surface area (Å²) >= 11 is 3.25. The molecule has 2 aliphatic rings.